The molecule has 0 aromatic heterocycles. The largest absolute Gasteiger partial charge is 0.595 e. The molecule has 0 saturated carbocycles. The van der Waals surface area contributed by atoms with Crippen LogP contribution in [0.25, 0.3) is 0 Å². The zero-order valence-electron chi connectivity index (χ0n) is 17.3. The second kappa shape index (κ2) is 6.62. The zero-order valence-corrected chi connectivity index (χ0v) is 17.3. The molecule has 6 nitrogen and oxygen atoms in total. The molecule has 1 heterocycles. The molecular formula is C23H27NO5. The van der Waals surface area contributed by atoms with Gasteiger partial charge in [0, 0.05) is 42.4 Å². The van der Waals surface area contributed by atoms with E-state index < -0.39 is 11.1 Å². The molecule has 2 atom stereocenters. The topological polar surface area (TPSA) is 91.1 Å². The van der Waals surface area contributed by atoms with Gasteiger partial charge in [-0.05, 0) is 22.8 Å². The number of ether oxygens (including phenoxy) is 1. The molecule has 0 fully saturated rings. The van der Waals surface area contributed by atoms with Gasteiger partial charge in [0.15, 0.2) is 23.0 Å². The summed E-state index contributed by atoms with van der Waals surface area (Å²) in [6.45, 7) is 8.05. The quantitative estimate of drug-likeness (QED) is 0.746. The van der Waals surface area contributed by atoms with Gasteiger partial charge in [-0.2, -0.15) is 5.23 Å². The fourth-order valence-electron chi connectivity index (χ4n) is 4.98. The van der Waals surface area contributed by atoms with E-state index in [4.69, 9.17) is 4.74 Å². The number of ketones is 2. The van der Waals surface area contributed by atoms with E-state index in [9.17, 15) is 20.0 Å². The van der Waals surface area contributed by atoms with E-state index in [1.165, 1.54) is 0 Å². The van der Waals surface area contributed by atoms with Crippen LogP contribution in [-0.2, 0) is 14.3 Å². The van der Waals surface area contributed by atoms with E-state index in [1.54, 1.807) is 24.3 Å². The molecule has 1 aromatic rings. The normalized spacial score (nSPS) is 26.6. The van der Waals surface area contributed by atoms with Crippen molar-refractivity contribution >= 4 is 17.3 Å². The molecule has 4 rings (SSSR count). The summed E-state index contributed by atoms with van der Waals surface area (Å²) in [4.78, 5) is 26.2. The molecule has 2 aliphatic carbocycles. The standard InChI is InChI=1S/C23H27NO5/c1-22(2)9-14-19(13-7-5-6-8-15(13)24(27)28)20-16(25)10-23(3,4)12-18(20)29-21(14)17(26)11-22/h5-8,19,24,27H,9-12H2,1-4H3. The Morgan fingerprint density at radius 2 is 1.62 bits per heavy atom. The number of quaternary nitrogens is 1. The Morgan fingerprint density at radius 3 is 2.31 bits per heavy atom. The average molecular weight is 397 g/mol. The number of rotatable bonds is 2. The van der Waals surface area contributed by atoms with Crippen LogP contribution in [0.15, 0.2) is 46.9 Å². The van der Waals surface area contributed by atoms with Crippen LogP contribution < -0.4 is 5.23 Å². The van der Waals surface area contributed by atoms with Crippen LogP contribution in [0.4, 0.5) is 5.69 Å². The second-order valence-corrected chi connectivity index (χ2v) is 10.0. The van der Waals surface area contributed by atoms with Gasteiger partial charge in [-0.3, -0.25) is 9.59 Å². The first-order valence-electron chi connectivity index (χ1n) is 10.0. The molecule has 3 aliphatic rings. The minimum absolute atomic E-state index is 0.0242. The van der Waals surface area contributed by atoms with E-state index in [0.717, 1.165) is 5.57 Å². The van der Waals surface area contributed by atoms with Crippen LogP contribution in [0.2, 0.25) is 0 Å². The van der Waals surface area contributed by atoms with Crippen molar-refractivity contribution in [3.05, 3.63) is 57.7 Å². The van der Waals surface area contributed by atoms with Crippen molar-refractivity contribution in [1.82, 2.24) is 0 Å². The van der Waals surface area contributed by atoms with Crippen LogP contribution >= 0.6 is 0 Å². The molecule has 0 spiro atoms. The molecule has 2 unspecified atom stereocenters. The summed E-state index contributed by atoms with van der Waals surface area (Å²) >= 11 is 0. The van der Waals surface area contributed by atoms with E-state index in [1.807, 2.05) is 27.7 Å². The maximum Gasteiger partial charge on any atom is 0.198 e. The van der Waals surface area contributed by atoms with E-state index in [0.29, 0.717) is 48.3 Å². The number of benzene rings is 1. The number of allylic oxidation sites excluding steroid dienone is 4. The maximum absolute atomic E-state index is 13.2. The predicted molar refractivity (Wildman–Crippen MR) is 106 cm³/mol. The minimum Gasteiger partial charge on any atom is -0.595 e. The van der Waals surface area contributed by atoms with Gasteiger partial charge < -0.3 is 9.94 Å². The van der Waals surface area contributed by atoms with Crippen molar-refractivity contribution in [2.24, 2.45) is 10.8 Å². The summed E-state index contributed by atoms with van der Waals surface area (Å²) < 4.78 is 6.10. The van der Waals surface area contributed by atoms with Crippen molar-refractivity contribution in [3.63, 3.8) is 0 Å². The number of carbonyl (C=O) groups excluding carboxylic acids is 2. The summed E-state index contributed by atoms with van der Waals surface area (Å²) in [5.41, 5.74) is 1.45. The molecule has 1 aliphatic heterocycles. The van der Waals surface area contributed by atoms with Crippen molar-refractivity contribution < 1.29 is 24.8 Å². The molecule has 29 heavy (non-hydrogen) atoms. The fourth-order valence-corrected chi connectivity index (χ4v) is 4.98. The van der Waals surface area contributed by atoms with Crippen LogP contribution in [0.3, 0.4) is 0 Å². The van der Waals surface area contributed by atoms with E-state index in [2.05, 4.69) is 0 Å². The summed E-state index contributed by atoms with van der Waals surface area (Å²) in [7, 11) is 0. The van der Waals surface area contributed by atoms with Gasteiger partial charge in [-0.15, -0.1) is 0 Å². The highest BCUT2D eigenvalue weighted by molar-refractivity contribution is 6.03. The molecule has 2 N–H and O–H groups in total. The number of hydrogen-bond donors (Lipinski definition) is 2. The number of hydrogen-bond acceptors (Lipinski definition) is 5. The summed E-state index contributed by atoms with van der Waals surface area (Å²) in [5, 5.41) is 20.7. The third-order valence-corrected chi connectivity index (χ3v) is 6.10. The number of carbonyl (C=O) groups is 2. The van der Waals surface area contributed by atoms with Gasteiger partial charge >= 0.3 is 0 Å². The van der Waals surface area contributed by atoms with Crippen molar-refractivity contribution in [3.8, 4) is 0 Å². The SMILES string of the molecule is CC1(C)CC(=O)C2=C(C1)OC1=C(CC(C)(C)CC1=O)C2c1ccccc1[NH+]([O-])O. The Bertz CT molecular complexity index is 967. The molecule has 6 heteroatoms. The summed E-state index contributed by atoms with van der Waals surface area (Å²) in [6.07, 6.45) is 1.88. The van der Waals surface area contributed by atoms with Crippen molar-refractivity contribution in [2.45, 2.75) is 59.3 Å². The first-order valence-corrected chi connectivity index (χ1v) is 10.0. The van der Waals surface area contributed by atoms with Gasteiger partial charge in [-0.1, -0.05) is 45.9 Å². The first kappa shape index (κ1) is 20.0. The molecule has 0 radical (unpaired) electrons. The average Bonchev–Trinajstić information content (AvgIpc) is 2.59. The molecule has 154 valence electrons. The Balaban J connectivity index is 1.96. The number of nitrogens with one attached hydrogen (secondary N) is 1. The molecular weight excluding hydrogens is 370 g/mol. The van der Waals surface area contributed by atoms with Gasteiger partial charge in [0.1, 0.15) is 5.76 Å². The Labute approximate surface area is 170 Å². The monoisotopic (exact) mass is 397 g/mol. The lowest BCUT2D eigenvalue weighted by Crippen LogP contribution is -2.99. The second-order valence-electron chi connectivity index (χ2n) is 10.0. The van der Waals surface area contributed by atoms with Crippen LogP contribution in [0.5, 0.6) is 0 Å². The van der Waals surface area contributed by atoms with Gasteiger partial charge in [0.25, 0.3) is 0 Å². The van der Waals surface area contributed by atoms with Crippen LogP contribution in [-0.4, -0.2) is 16.8 Å². The predicted octanol–water partition coefficient (Wildman–Crippen LogP) is 3.49. The highest BCUT2D eigenvalue weighted by Crippen LogP contribution is 2.54. The molecule has 1 aromatic carbocycles. The lowest BCUT2D eigenvalue weighted by molar-refractivity contribution is -0.991. The van der Waals surface area contributed by atoms with E-state index >= 15 is 0 Å². The van der Waals surface area contributed by atoms with Gasteiger partial charge in [0.05, 0.1) is 0 Å². The molecule has 0 saturated heterocycles. The Hall–Kier alpha value is -2.28. The van der Waals surface area contributed by atoms with Crippen molar-refractivity contribution in [2.75, 3.05) is 0 Å². The zero-order chi connectivity index (χ0) is 21.1. The lowest BCUT2D eigenvalue weighted by Gasteiger charge is -2.43. The molecule has 0 amide bonds. The highest BCUT2D eigenvalue weighted by Gasteiger charge is 2.48. The van der Waals surface area contributed by atoms with Crippen LogP contribution in [0, 0.1) is 16.0 Å². The Morgan fingerprint density at radius 1 is 1.00 bits per heavy atom. The third kappa shape index (κ3) is 3.45. The highest BCUT2D eigenvalue weighted by atomic mass is 16.8. The third-order valence-electron chi connectivity index (χ3n) is 6.10. The number of para-hydroxylation sites is 1. The van der Waals surface area contributed by atoms with Gasteiger partial charge in [0.2, 0.25) is 0 Å². The number of Topliss-reactive ketones (excluding diaryl/α,β-unsaturated/α-hetero) is 2. The van der Waals surface area contributed by atoms with Crippen molar-refractivity contribution in [1.29, 1.82) is 0 Å². The molecule has 0 bridgehead atoms. The lowest BCUT2D eigenvalue weighted by atomic mass is 9.65. The summed E-state index contributed by atoms with van der Waals surface area (Å²) in [6, 6.07) is 6.78. The fraction of sp³-hybridized carbons (Fsp3) is 0.478. The maximum atomic E-state index is 13.2. The van der Waals surface area contributed by atoms with E-state index in [-0.39, 0.29) is 28.1 Å². The smallest absolute Gasteiger partial charge is 0.198 e. The summed E-state index contributed by atoms with van der Waals surface area (Å²) in [5.74, 6) is 0.204. The first-order chi connectivity index (χ1) is 13.5. The minimum atomic E-state index is -1.04. The van der Waals surface area contributed by atoms with Gasteiger partial charge in [-0.25, -0.2) is 5.21 Å². The Kier molecular flexibility index (Phi) is 4.57. The van der Waals surface area contributed by atoms with Crippen LogP contribution in [0.1, 0.15) is 64.9 Å².